The predicted molar refractivity (Wildman–Crippen MR) is 30.9 cm³/mol. The molecule has 11 heteroatoms. The van der Waals surface area contributed by atoms with Crippen molar-refractivity contribution in [2.45, 2.75) is 24.4 Å². The molecule has 0 N–H and O–H groups in total. The van der Waals surface area contributed by atoms with Gasteiger partial charge in [0.25, 0.3) is 0 Å². The number of halogens is 10. The molecule has 0 aliphatic rings. The second-order valence-corrected chi connectivity index (χ2v) is 2.42. The molecule has 0 saturated heterocycles. The van der Waals surface area contributed by atoms with Crippen LogP contribution in [0.2, 0.25) is 0 Å². The molecular formula is C6F10O. The van der Waals surface area contributed by atoms with Crippen LogP contribution in [-0.4, -0.2) is 24.4 Å². The maximum Gasteiger partial charge on any atom is 0.482 e. The third kappa shape index (κ3) is 3.86. The van der Waals surface area contributed by atoms with Crippen molar-refractivity contribution < 1.29 is 48.6 Å². The van der Waals surface area contributed by atoms with E-state index < -0.39 is 24.4 Å². The van der Waals surface area contributed by atoms with Crippen LogP contribution < -0.4 is 0 Å². The average Bonchev–Trinajstić information content (AvgIpc) is 1.98. The molecule has 0 spiro atoms. The van der Waals surface area contributed by atoms with Gasteiger partial charge in [0.2, 0.25) is 0 Å². The van der Waals surface area contributed by atoms with Crippen LogP contribution >= 0.6 is 0 Å². The van der Waals surface area contributed by atoms with Crippen molar-refractivity contribution in [3.63, 3.8) is 0 Å². The van der Waals surface area contributed by atoms with Gasteiger partial charge in [-0.15, -0.1) is 0 Å². The van der Waals surface area contributed by atoms with Crippen LogP contribution in [0.4, 0.5) is 43.9 Å². The topological polar surface area (TPSA) is 9.23 Å². The highest BCUT2D eigenvalue weighted by Crippen LogP contribution is 2.46. The fraction of sp³-hybridized carbons (Fsp3) is 0.667. The largest absolute Gasteiger partial charge is 0.482 e. The van der Waals surface area contributed by atoms with Gasteiger partial charge in [0, 0.05) is 0 Å². The quantitative estimate of drug-likeness (QED) is 0.556. The molecule has 0 aromatic heterocycles. The molecule has 100 valence electrons. The van der Waals surface area contributed by atoms with Gasteiger partial charge in [0.15, 0.2) is 0 Å². The molecule has 17 heavy (non-hydrogen) atoms. The Kier molecular flexibility index (Phi) is 3.83. The standard InChI is InChI=1S/C6F10O/c7-3(8,9)1-2-17-6(15,16)4(10,11)5(12,13)14. The molecule has 0 radical (unpaired) electrons. The Morgan fingerprint density at radius 1 is 0.706 bits per heavy atom. The van der Waals surface area contributed by atoms with Crippen LogP contribution in [0.3, 0.4) is 0 Å². The summed E-state index contributed by atoms with van der Waals surface area (Å²) in [5, 5.41) is 0. The first kappa shape index (κ1) is 15.7. The molecule has 0 aliphatic heterocycles. The van der Waals surface area contributed by atoms with E-state index in [-0.39, 0.29) is 12.0 Å². The van der Waals surface area contributed by atoms with Gasteiger partial charge in [0.1, 0.15) is 6.11 Å². The summed E-state index contributed by atoms with van der Waals surface area (Å²) in [6.07, 6.45) is -18.3. The number of hydrogen-bond acceptors (Lipinski definition) is 1. The zero-order valence-corrected chi connectivity index (χ0v) is 7.19. The molecule has 0 unspecified atom stereocenters. The van der Waals surface area contributed by atoms with Crippen LogP contribution in [0.15, 0.2) is 0 Å². The molecule has 0 fully saturated rings. The van der Waals surface area contributed by atoms with Crippen molar-refractivity contribution in [2.75, 3.05) is 0 Å². The van der Waals surface area contributed by atoms with Gasteiger partial charge in [-0.05, 0) is 0 Å². The molecule has 0 saturated carbocycles. The number of hydrogen-bond donors (Lipinski definition) is 0. The van der Waals surface area contributed by atoms with E-state index in [0.717, 1.165) is 0 Å². The number of rotatable bonds is 2. The van der Waals surface area contributed by atoms with Gasteiger partial charge in [0.05, 0.1) is 5.92 Å². The zero-order valence-electron chi connectivity index (χ0n) is 7.19. The molecule has 0 atom stereocenters. The fourth-order valence-electron chi connectivity index (χ4n) is 0.377. The SMILES string of the molecule is FC(F)(F)C#COC(F)(F)C(F)(F)C(F)(F)F. The molecule has 0 aromatic rings. The third-order valence-electron chi connectivity index (χ3n) is 1.09. The van der Waals surface area contributed by atoms with E-state index in [0.29, 0.717) is 0 Å². The van der Waals surface area contributed by atoms with Crippen LogP contribution in [0.25, 0.3) is 0 Å². The lowest BCUT2D eigenvalue weighted by molar-refractivity contribution is -0.410. The minimum Gasteiger partial charge on any atom is -0.374 e. The lowest BCUT2D eigenvalue weighted by atomic mass is 10.3. The van der Waals surface area contributed by atoms with Crippen LogP contribution in [0, 0.1) is 12.0 Å². The van der Waals surface area contributed by atoms with Gasteiger partial charge in [-0.25, -0.2) is 0 Å². The second kappa shape index (κ2) is 4.15. The fourth-order valence-corrected chi connectivity index (χ4v) is 0.377. The van der Waals surface area contributed by atoms with Gasteiger partial charge in [-0.3, -0.25) is 0 Å². The summed E-state index contributed by atoms with van der Waals surface area (Å²) in [7, 11) is 0. The Bertz CT molecular complexity index is 325. The van der Waals surface area contributed by atoms with E-state index in [1.165, 1.54) is 0 Å². The summed E-state index contributed by atoms with van der Waals surface area (Å²) in [6, 6.07) is 0. The van der Waals surface area contributed by atoms with Gasteiger partial charge in [-0.2, -0.15) is 43.9 Å². The maximum absolute atomic E-state index is 12.1. The van der Waals surface area contributed by atoms with Crippen molar-refractivity contribution >= 4 is 0 Å². The van der Waals surface area contributed by atoms with Crippen molar-refractivity contribution in [3.05, 3.63) is 0 Å². The van der Waals surface area contributed by atoms with E-state index in [4.69, 9.17) is 0 Å². The zero-order chi connectivity index (χ0) is 14.1. The Morgan fingerprint density at radius 2 is 1.12 bits per heavy atom. The van der Waals surface area contributed by atoms with Crippen molar-refractivity contribution in [1.82, 2.24) is 0 Å². The molecule has 0 aliphatic carbocycles. The molecule has 0 heterocycles. The second-order valence-electron chi connectivity index (χ2n) is 2.42. The first-order valence-corrected chi connectivity index (χ1v) is 3.30. The minimum absolute atomic E-state index is 0.0388. The molecule has 0 amide bonds. The molecular weight excluding hydrogens is 278 g/mol. The Morgan fingerprint density at radius 3 is 1.41 bits per heavy atom. The molecule has 0 bridgehead atoms. The number of ether oxygens (including phenoxy) is 1. The highest BCUT2D eigenvalue weighted by atomic mass is 19.4. The van der Waals surface area contributed by atoms with Crippen molar-refractivity contribution in [1.29, 1.82) is 0 Å². The highest BCUT2D eigenvalue weighted by Gasteiger charge is 2.75. The summed E-state index contributed by atoms with van der Waals surface area (Å²) in [5.41, 5.74) is 0. The normalized spacial score (nSPS) is 14.0. The monoisotopic (exact) mass is 278 g/mol. The van der Waals surface area contributed by atoms with Gasteiger partial charge < -0.3 is 4.74 Å². The maximum atomic E-state index is 12.1. The average molecular weight is 278 g/mol. The van der Waals surface area contributed by atoms with Crippen LogP contribution in [0.5, 0.6) is 0 Å². The third-order valence-corrected chi connectivity index (χ3v) is 1.09. The van der Waals surface area contributed by atoms with E-state index >= 15 is 0 Å². The van der Waals surface area contributed by atoms with E-state index in [2.05, 4.69) is 4.74 Å². The van der Waals surface area contributed by atoms with E-state index in [1.54, 1.807) is 0 Å². The summed E-state index contributed by atoms with van der Waals surface area (Å²) in [5.74, 6) is -6.72. The first-order chi connectivity index (χ1) is 7.21. The van der Waals surface area contributed by atoms with E-state index in [9.17, 15) is 43.9 Å². The van der Waals surface area contributed by atoms with E-state index in [1.807, 2.05) is 0 Å². The lowest BCUT2D eigenvalue weighted by Crippen LogP contribution is -2.52. The molecule has 0 aromatic carbocycles. The smallest absolute Gasteiger partial charge is 0.374 e. The summed E-state index contributed by atoms with van der Waals surface area (Å²) >= 11 is 0. The molecule has 0 rings (SSSR count). The minimum atomic E-state index is -6.70. The highest BCUT2D eigenvalue weighted by molar-refractivity contribution is 5.01. The Hall–Kier alpha value is -1.34. The van der Waals surface area contributed by atoms with Crippen molar-refractivity contribution in [3.8, 4) is 12.0 Å². The van der Waals surface area contributed by atoms with Crippen molar-refractivity contribution in [2.24, 2.45) is 0 Å². The summed E-state index contributed by atoms with van der Waals surface area (Å²) in [4.78, 5) is 0. The Labute approximate surface area is 86.3 Å². The summed E-state index contributed by atoms with van der Waals surface area (Å²) < 4.78 is 118. The predicted octanol–water partition coefficient (Wildman–Crippen LogP) is 3.32. The first-order valence-electron chi connectivity index (χ1n) is 3.30. The van der Waals surface area contributed by atoms with Crippen LogP contribution in [0.1, 0.15) is 0 Å². The van der Waals surface area contributed by atoms with Gasteiger partial charge >= 0.3 is 24.4 Å². The summed E-state index contributed by atoms with van der Waals surface area (Å²) in [6.45, 7) is 0. The lowest BCUT2D eigenvalue weighted by Gasteiger charge is -2.25. The van der Waals surface area contributed by atoms with Crippen LogP contribution in [-0.2, 0) is 4.74 Å². The Balaban J connectivity index is 4.97. The van der Waals surface area contributed by atoms with Gasteiger partial charge in [-0.1, -0.05) is 0 Å². The number of alkyl halides is 10. The molecule has 1 nitrogen and oxygen atoms in total.